The second-order valence-electron chi connectivity index (χ2n) is 4.81. The summed E-state index contributed by atoms with van der Waals surface area (Å²) in [5, 5.41) is 12.1. The lowest BCUT2D eigenvalue weighted by Gasteiger charge is -2.04. The number of pyridine rings is 1. The van der Waals surface area contributed by atoms with E-state index in [1.54, 1.807) is 24.4 Å². The SMILES string of the molecule is O=C(CCc1nc2ncc(Br)cc2[nH]1)Nc1cccc(O)c1. The van der Waals surface area contributed by atoms with Crippen LogP contribution in [0, 0.1) is 0 Å². The number of H-pyrrole nitrogens is 1. The van der Waals surface area contributed by atoms with Gasteiger partial charge in [0.2, 0.25) is 5.91 Å². The number of nitrogens with zero attached hydrogens (tertiary/aromatic N) is 2. The van der Waals surface area contributed by atoms with Crippen molar-refractivity contribution < 1.29 is 9.90 Å². The van der Waals surface area contributed by atoms with Crippen LogP contribution in [0.1, 0.15) is 12.2 Å². The number of hydrogen-bond donors (Lipinski definition) is 3. The zero-order valence-electron chi connectivity index (χ0n) is 11.5. The molecule has 3 rings (SSSR count). The molecule has 3 N–H and O–H groups in total. The van der Waals surface area contributed by atoms with E-state index in [2.05, 4.69) is 36.2 Å². The molecule has 7 heteroatoms. The molecule has 3 aromatic rings. The largest absolute Gasteiger partial charge is 0.508 e. The fourth-order valence-electron chi connectivity index (χ4n) is 2.08. The zero-order valence-corrected chi connectivity index (χ0v) is 13.1. The molecule has 0 atom stereocenters. The second-order valence-corrected chi connectivity index (χ2v) is 5.72. The summed E-state index contributed by atoms with van der Waals surface area (Å²) in [5.74, 6) is 0.693. The van der Waals surface area contributed by atoms with Crippen LogP contribution >= 0.6 is 15.9 Å². The Hall–Kier alpha value is -2.41. The molecule has 1 amide bonds. The minimum Gasteiger partial charge on any atom is -0.508 e. The molecule has 0 unspecified atom stereocenters. The van der Waals surface area contributed by atoms with Crippen LogP contribution in [0.3, 0.4) is 0 Å². The van der Waals surface area contributed by atoms with Gasteiger partial charge in [-0.25, -0.2) is 9.97 Å². The highest BCUT2D eigenvalue weighted by Gasteiger charge is 2.08. The van der Waals surface area contributed by atoms with Crippen molar-refractivity contribution in [2.24, 2.45) is 0 Å². The van der Waals surface area contributed by atoms with E-state index in [-0.39, 0.29) is 18.1 Å². The van der Waals surface area contributed by atoms with Crippen LogP contribution in [-0.4, -0.2) is 26.0 Å². The van der Waals surface area contributed by atoms with Gasteiger partial charge >= 0.3 is 0 Å². The molecule has 0 aliphatic carbocycles. The minimum atomic E-state index is -0.139. The van der Waals surface area contributed by atoms with Crippen LogP contribution in [0.5, 0.6) is 5.75 Å². The fourth-order valence-corrected chi connectivity index (χ4v) is 2.41. The zero-order chi connectivity index (χ0) is 15.5. The summed E-state index contributed by atoms with van der Waals surface area (Å²) >= 11 is 3.35. The molecule has 0 radical (unpaired) electrons. The van der Waals surface area contributed by atoms with Crippen molar-refractivity contribution in [3.8, 4) is 5.75 Å². The molecule has 0 saturated heterocycles. The van der Waals surface area contributed by atoms with Gasteiger partial charge in [-0.2, -0.15) is 0 Å². The number of phenolic OH excluding ortho intramolecular Hbond substituents is 1. The number of aromatic nitrogens is 3. The van der Waals surface area contributed by atoms with E-state index in [9.17, 15) is 9.90 Å². The summed E-state index contributed by atoms with van der Waals surface area (Å²) in [6.07, 6.45) is 2.46. The first-order valence-electron chi connectivity index (χ1n) is 6.69. The molecule has 0 spiro atoms. The van der Waals surface area contributed by atoms with Crippen LogP contribution in [0.25, 0.3) is 11.2 Å². The van der Waals surface area contributed by atoms with E-state index in [0.29, 0.717) is 23.6 Å². The smallest absolute Gasteiger partial charge is 0.224 e. The average molecular weight is 361 g/mol. The standard InChI is InChI=1S/C15H13BrN4O2/c16-9-6-12-15(17-8-9)20-13(19-12)4-5-14(22)18-10-2-1-3-11(21)7-10/h1-3,6-8,21H,4-5H2,(H,18,22)(H,17,19,20). The summed E-state index contributed by atoms with van der Waals surface area (Å²) in [6.45, 7) is 0. The van der Waals surface area contributed by atoms with Crippen LogP contribution in [-0.2, 0) is 11.2 Å². The molecule has 0 fully saturated rings. The fraction of sp³-hybridized carbons (Fsp3) is 0.133. The lowest BCUT2D eigenvalue weighted by Crippen LogP contribution is -2.12. The van der Waals surface area contributed by atoms with Gasteiger partial charge < -0.3 is 15.4 Å². The average Bonchev–Trinajstić information content (AvgIpc) is 2.87. The van der Waals surface area contributed by atoms with Gasteiger partial charge in [0.25, 0.3) is 0 Å². The minimum absolute atomic E-state index is 0.117. The van der Waals surface area contributed by atoms with Crippen molar-refractivity contribution in [1.29, 1.82) is 0 Å². The molecule has 112 valence electrons. The Kier molecular flexibility index (Phi) is 4.06. The maximum Gasteiger partial charge on any atom is 0.224 e. The van der Waals surface area contributed by atoms with Crippen LogP contribution in [0.15, 0.2) is 41.0 Å². The van der Waals surface area contributed by atoms with Crippen LogP contribution in [0.4, 0.5) is 5.69 Å². The maximum absolute atomic E-state index is 11.9. The third-order valence-corrected chi connectivity index (χ3v) is 3.51. The Morgan fingerprint density at radius 2 is 2.23 bits per heavy atom. The molecule has 0 saturated carbocycles. The van der Waals surface area contributed by atoms with Crippen LogP contribution in [0.2, 0.25) is 0 Å². The van der Waals surface area contributed by atoms with Crippen molar-refractivity contribution in [2.75, 3.05) is 5.32 Å². The number of anilines is 1. The number of carbonyl (C=O) groups is 1. The number of aromatic hydroxyl groups is 1. The molecule has 22 heavy (non-hydrogen) atoms. The predicted molar refractivity (Wildman–Crippen MR) is 86.6 cm³/mol. The number of phenols is 1. The van der Waals surface area contributed by atoms with E-state index >= 15 is 0 Å². The van der Waals surface area contributed by atoms with Crippen molar-refractivity contribution >= 4 is 38.7 Å². The summed E-state index contributed by atoms with van der Waals surface area (Å²) in [4.78, 5) is 23.6. The number of aryl methyl sites for hydroxylation is 1. The number of imidazole rings is 1. The van der Waals surface area contributed by atoms with Gasteiger partial charge in [-0.1, -0.05) is 6.07 Å². The molecule has 0 aliphatic heterocycles. The number of rotatable bonds is 4. The highest BCUT2D eigenvalue weighted by Crippen LogP contribution is 2.17. The Morgan fingerprint density at radius 3 is 3.05 bits per heavy atom. The van der Waals surface area contributed by atoms with Gasteiger partial charge in [-0.3, -0.25) is 4.79 Å². The third-order valence-electron chi connectivity index (χ3n) is 3.07. The Morgan fingerprint density at radius 1 is 1.36 bits per heavy atom. The molecule has 6 nitrogen and oxygen atoms in total. The van der Waals surface area contributed by atoms with Gasteiger partial charge in [0.15, 0.2) is 5.65 Å². The van der Waals surface area contributed by atoms with E-state index in [4.69, 9.17) is 0 Å². The molecule has 2 heterocycles. The Bertz CT molecular complexity index is 831. The number of halogens is 1. The van der Waals surface area contributed by atoms with Crippen molar-refractivity contribution in [2.45, 2.75) is 12.8 Å². The topological polar surface area (TPSA) is 90.9 Å². The summed E-state index contributed by atoms with van der Waals surface area (Å²) < 4.78 is 0.872. The first kappa shape index (κ1) is 14.5. The molecule has 1 aromatic carbocycles. The second kappa shape index (κ2) is 6.15. The van der Waals surface area contributed by atoms with E-state index in [0.717, 1.165) is 9.99 Å². The highest BCUT2D eigenvalue weighted by molar-refractivity contribution is 9.10. The Labute approximate surface area is 134 Å². The number of hydrogen-bond acceptors (Lipinski definition) is 4. The van der Waals surface area contributed by atoms with Gasteiger partial charge in [0.05, 0.1) is 5.52 Å². The maximum atomic E-state index is 11.9. The normalized spacial score (nSPS) is 10.8. The first-order chi connectivity index (χ1) is 10.6. The third kappa shape index (κ3) is 3.43. The number of fused-ring (bicyclic) bond motifs is 1. The molecule has 0 bridgehead atoms. The van der Waals surface area contributed by atoms with Gasteiger partial charge in [-0.05, 0) is 34.1 Å². The number of nitrogens with one attached hydrogen (secondary N) is 2. The van der Waals surface area contributed by atoms with E-state index < -0.39 is 0 Å². The molecule has 0 aliphatic rings. The molecular weight excluding hydrogens is 348 g/mol. The van der Waals surface area contributed by atoms with Gasteiger partial charge in [0, 0.05) is 35.3 Å². The number of carbonyl (C=O) groups excluding carboxylic acids is 1. The van der Waals surface area contributed by atoms with E-state index in [1.807, 2.05) is 6.07 Å². The number of benzene rings is 1. The summed E-state index contributed by atoms with van der Waals surface area (Å²) in [7, 11) is 0. The first-order valence-corrected chi connectivity index (χ1v) is 7.48. The summed E-state index contributed by atoms with van der Waals surface area (Å²) in [6, 6.07) is 8.34. The predicted octanol–water partition coefficient (Wildman–Crippen LogP) is 3.00. The lowest BCUT2D eigenvalue weighted by atomic mass is 10.2. The Balaban J connectivity index is 1.62. The van der Waals surface area contributed by atoms with Crippen molar-refractivity contribution in [1.82, 2.24) is 15.0 Å². The lowest BCUT2D eigenvalue weighted by molar-refractivity contribution is -0.116. The molecular formula is C15H13BrN4O2. The van der Waals surface area contributed by atoms with Crippen molar-refractivity contribution in [3.63, 3.8) is 0 Å². The molecule has 2 aromatic heterocycles. The van der Waals surface area contributed by atoms with Crippen molar-refractivity contribution in [3.05, 3.63) is 46.8 Å². The summed E-state index contributed by atoms with van der Waals surface area (Å²) in [5.41, 5.74) is 2.03. The quantitative estimate of drug-likeness (QED) is 0.666. The van der Waals surface area contributed by atoms with Gasteiger partial charge in [-0.15, -0.1) is 0 Å². The monoisotopic (exact) mass is 360 g/mol. The van der Waals surface area contributed by atoms with Gasteiger partial charge in [0.1, 0.15) is 11.6 Å². The number of amides is 1. The highest BCUT2D eigenvalue weighted by atomic mass is 79.9. The van der Waals surface area contributed by atoms with E-state index in [1.165, 1.54) is 6.07 Å². The van der Waals surface area contributed by atoms with Crippen LogP contribution < -0.4 is 5.32 Å². The number of aromatic amines is 1.